The number of nitrogens with zero attached hydrogens (tertiary/aromatic N) is 3. The molecule has 0 unspecified atom stereocenters. The highest BCUT2D eigenvalue weighted by Gasteiger charge is 2.42. The second-order valence-corrected chi connectivity index (χ2v) is 9.64. The van der Waals surface area contributed by atoms with E-state index in [4.69, 9.17) is 0 Å². The van der Waals surface area contributed by atoms with Crippen molar-refractivity contribution >= 4 is 34.4 Å². The lowest BCUT2D eigenvalue weighted by Crippen LogP contribution is -2.47. The third-order valence-corrected chi connectivity index (χ3v) is 7.22. The first-order valence-electron chi connectivity index (χ1n) is 11.3. The number of hydrogen-bond donors (Lipinski definition) is 0. The van der Waals surface area contributed by atoms with Crippen molar-refractivity contribution < 1.29 is 9.59 Å². The molecule has 1 aromatic heterocycles. The van der Waals surface area contributed by atoms with E-state index in [9.17, 15) is 9.59 Å². The molecule has 0 atom stereocenters. The first-order chi connectivity index (χ1) is 16.0. The maximum absolute atomic E-state index is 13.6. The number of carbonyl (C=O) groups is 2. The fourth-order valence-electron chi connectivity index (χ4n) is 4.53. The Hall–Kier alpha value is -3.38. The highest BCUT2D eigenvalue weighted by Crippen LogP contribution is 2.35. The molecular formula is C27H27N3O2S. The van der Waals surface area contributed by atoms with Gasteiger partial charge in [0.25, 0.3) is 11.8 Å². The molecule has 0 spiro atoms. The van der Waals surface area contributed by atoms with E-state index >= 15 is 0 Å². The van der Waals surface area contributed by atoms with Gasteiger partial charge in [0.1, 0.15) is 5.70 Å². The van der Waals surface area contributed by atoms with Crippen LogP contribution in [0.15, 0.2) is 71.7 Å². The molecule has 0 N–H and O–H groups in total. The number of anilines is 1. The van der Waals surface area contributed by atoms with E-state index in [0.29, 0.717) is 30.9 Å². The van der Waals surface area contributed by atoms with Gasteiger partial charge in [-0.05, 0) is 48.6 Å². The van der Waals surface area contributed by atoms with E-state index < -0.39 is 0 Å². The molecular weight excluding hydrogens is 430 g/mol. The molecule has 2 aromatic carbocycles. The fraction of sp³-hybridized carbons (Fsp3) is 0.259. The first-order valence-corrected chi connectivity index (χ1v) is 12.2. The Kier molecular flexibility index (Phi) is 5.77. The predicted octanol–water partition coefficient (Wildman–Crippen LogP) is 4.47. The Balaban J connectivity index is 1.41. The Morgan fingerprint density at radius 3 is 2.18 bits per heavy atom. The second kappa shape index (κ2) is 8.87. The van der Waals surface area contributed by atoms with Crippen molar-refractivity contribution in [3.63, 3.8) is 0 Å². The van der Waals surface area contributed by atoms with Gasteiger partial charge in [-0.1, -0.05) is 48.0 Å². The van der Waals surface area contributed by atoms with Crippen LogP contribution in [-0.2, 0) is 16.1 Å². The van der Waals surface area contributed by atoms with Gasteiger partial charge in [0.05, 0.1) is 12.1 Å². The molecule has 3 aromatic rings. The molecule has 168 valence electrons. The molecule has 2 amide bonds. The van der Waals surface area contributed by atoms with Crippen LogP contribution in [0.25, 0.3) is 5.57 Å². The van der Waals surface area contributed by atoms with Crippen LogP contribution in [0.4, 0.5) is 5.69 Å². The molecule has 0 radical (unpaired) electrons. The van der Waals surface area contributed by atoms with Gasteiger partial charge in [-0.15, -0.1) is 11.3 Å². The van der Waals surface area contributed by atoms with Crippen LogP contribution in [0.1, 0.15) is 21.6 Å². The number of piperazine rings is 1. The highest BCUT2D eigenvalue weighted by molar-refractivity contribution is 7.11. The molecule has 5 nitrogen and oxygen atoms in total. The van der Waals surface area contributed by atoms with Crippen molar-refractivity contribution in [3.05, 3.63) is 93.3 Å². The Labute approximate surface area is 198 Å². The van der Waals surface area contributed by atoms with Crippen LogP contribution in [-0.4, -0.2) is 47.8 Å². The van der Waals surface area contributed by atoms with Gasteiger partial charge in [0.15, 0.2) is 0 Å². The summed E-state index contributed by atoms with van der Waals surface area (Å²) in [4.78, 5) is 33.8. The molecule has 2 aliphatic heterocycles. The molecule has 1 saturated heterocycles. The molecule has 33 heavy (non-hydrogen) atoms. The minimum Gasteiger partial charge on any atom is -0.368 e. The summed E-state index contributed by atoms with van der Waals surface area (Å²) >= 11 is 1.51. The summed E-state index contributed by atoms with van der Waals surface area (Å²) < 4.78 is 0. The van der Waals surface area contributed by atoms with Gasteiger partial charge < -0.3 is 9.80 Å². The van der Waals surface area contributed by atoms with Crippen LogP contribution in [0.3, 0.4) is 0 Å². The number of rotatable bonds is 5. The topological polar surface area (TPSA) is 43.9 Å². The van der Waals surface area contributed by atoms with Crippen molar-refractivity contribution in [1.82, 2.24) is 9.80 Å². The highest BCUT2D eigenvalue weighted by atomic mass is 32.1. The van der Waals surface area contributed by atoms with Crippen molar-refractivity contribution in [2.45, 2.75) is 20.4 Å². The van der Waals surface area contributed by atoms with E-state index in [2.05, 4.69) is 41.0 Å². The van der Waals surface area contributed by atoms with Gasteiger partial charge in [-0.2, -0.15) is 0 Å². The summed E-state index contributed by atoms with van der Waals surface area (Å²) in [6.07, 6.45) is 0. The largest absolute Gasteiger partial charge is 0.368 e. The van der Waals surface area contributed by atoms with Crippen molar-refractivity contribution in [2.24, 2.45) is 0 Å². The molecule has 6 heteroatoms. The summed E-state index contributed by atoms with van der Waals surface area (Å²) in [5.74, 6) is -0.382. The normalized spacial score (nSPS) is 16.8. The smallest absolute Gasteiger partial charge is 0.278 e. The van der Waals surface area contributed by atoms with Gasteiger partial charge >= 0.3 is 0 Å². The van der Waals surface area contributed by atoms with E-state index in [1.165, 1.54) is 27.5 Å². The number of thiophene rings is 1. The average Bonchev–Trinajstić information content (AvgIpc) is 3.43. The summed E-state index contributed by atoms with van der Waals surface area (Å²) in [6.45, 7) is 7.45. The number of carbonyl (C=O) groups excluding carboxylic acids is 2. The van der Waals surface area contributed by atoms with Gasteiger partial charge in [0, 0.05) is 36.7 Å². The van der Waals surface area contributed by atoms with Crippen molar-refractivity contribution in [3.8, 4) is 0 Å². The lowest BCUT2D eigenvalue weighted by molar-refractivity contribution is -0.138. The molecule has 0 saturated carbocycles. The Morgan fingerprint density at radius 2 is 1.52 bits per heavy atom. The molecule has 0 aliphatic carbocycles. The third kappa shape index (κ3) is 4.18. The van der Waals surface area contributed by atoms with Crippen LogP contribution < -0.4 is 4.90 Å². The fourth-order valence-corrected chi connectivity index (χ4v) is 5.29. The lowest BCUT2D eigenvalue weighted by atomic mass is 10.1. The van der Waals surface area contributed by atoms with Gasteiger partial charge in [-0.25, -0.2) is 0 Å². The standard InChI is InChI=1S/C27H27N3O2S/c1-19-8-10-21(11-9-19)18-30-26(31)24(23-7-4-16-33-23)25(27(30)32)29-14-12-28(13-15-29)22-6-3-5-20(2)17-22/h3-11,16-17H,12-15,18H2,1-2H3. The zero-order chi connectivity index (χ0) is 22.9. The van der Waals surface area contributed by atoms with Crippen LogP contribution in [0.2, 0.25) is 0 Å². The summed E-state index contributed by atoms with van der Waals surface area (Å²) in [7, 11) is 0. The van der Waals surface area contributed by atoms with E-state index in [0.717, 1.165) is 29.1 Å². The predicted molar refractivity (Wildman–Crippen MR) is 133 cm³/mol. The first kappa shape index (κ1) is 21.5. The van der Waals surface area contributed by atoms with Crippen molar-refractivity contribution in [2.75, 3.05) is 31.1 Å². The van der Waals surface area contributed by atoms with Gasteiger partial charge in [0.2, 0.25) is 0 Å². The molecule has 5 rings (SSSR count). The number of hydrogen-bond acceptors (Lipinski definition) is 5. The maximum atomic E-state index is 13.6. The Morgan fingerprint density at radius 1 is 0.788 bits per heavy atom. The molecule has 1 fully saturated rings. The minimum absolute atomic E-state index is 0.187. The summed E-state index contributed by atoms with van der Waals surface area (Å²) in [6, 6.07) is 20.4. The molecule has 3 heterocycles. The molecule has 2 aliphatic rings. The number of imide groups is 1. The van der Waals surface area contributed by atoms with E-state index in [-0.39, 0.29) is 11.8 Å². The van der Waals surface area contributed by atoms with Crippen LogP contribution in [0.5, 0.6) is 0 Å². The second-order valence-electron chi connectivity index (χ2n) is 8.70. The number of amides is 2. The van der Waals surface area contributed by atoms with Gasteiger partial charge in [-0.3, -0.25) is 14.5 Å². The monoisotopic (exact) mass is 457 g/mol. The minimum atomic E-state index is -0.195. The zero-order valence-electron chi connectivity index (χ0n) is 19.0. The molecule has 0 bridgehead atoms. The quantitative estimate of drug-likeness (QED) is 0.531. The number of aryl methyl sites for hydroxylation is 2. The maximum Gasteiger partial charge on any atom is 0.278 e. The SMILES string of the molecule is Cc1ccc(CN2C(=O)C(c3cccs3)=C(N3CCN(c4cccc(C)c4)CC3)C2=O)cc1. The van der Waals surface area contributed by atoms with E-state index in [1.54, 1.807) is 0 Å². The lowest BCUT2D eigenvalue weighted by Gasteiger charge is -2.37. The zero-order valence-corrected chi connectivity index (χ0v) is 19.8. The Bertz CT molecular complexity index is 1210. The van der Waals surface area contributed by atoms with Crippen LogP contribution in [0, 0.1) is 13.8 Å². The van der Waals surface area contributed by atoms with E-state index in [1.807, 2.05) is 48.7 Å². The summed E-state index contributed by atoms with van der Waals surface area (Å²) in [5.41, 5.74) is 5.66. The average molecular weight is 458 g/mol. The summed E-state index contributed by atoms with van der Waals surface area (Å²) in [5, 5.41) is 1.95. The van der Waals surface area contributed by atoms with Crippen molar-refractivity contribution in [1.29, 1.82) is 0 Å². The third-order valence-electron chi connectivity index (χ3n) is 6.34. The van der Waals surface area contributed by atoms with Crippen LogP contribution >= 0.6 is 11.3 Å². The number of benzene rings is 2.